The molecule has 30 heavy (non-hydrogen) atoms. The van der Waals surface area contributed by atoms with E-state index in [-0.39, 0.29) is 29.1 Å². The van der Waals surface area contributed by atoms with Crippen molar-refractivity contribution in [2.75, 3.05) is 13.7 Å². The Kier molecular flexibility index (Phi) is 5.99. The van der Waals surface area contributed by atoms with Crippen LogP contribution in [-0.2, 0) is 28.5 Å². The molecule has 1 aliphatic carbocycles. The number of carbonyl (C=O) groups excluding carboxylic acids is 1. The molecule has 0 spiro atoms. The zero-order valence-electron chi connectivity index (χ0n) is 17.3. The molecule has 0 radical (unpaired) electrons. The normalized spacial score (nSPS) is 22.4. The number of esters is 1. The minimum absolute atomic E-state index is 0.0858. The largest absolute Gasteiger partial charge is 0.415 e. The Morgan fingerprint density at radius 2 is 1.97 bits per heavy atom. The lowest BCUT2D eigenvalue weighted by Gasteiger charge is -2.36. The summed E-state index contributed by atoms with van der Waals surface area (Å²) >= 11 is 0. The number of benzene rings is 1. The molecule has 160 valence electrons. The smallest absolute Gasteiger partial charge is 0.343 e. The van der Waals surface area contributed by atoms with E-state index >= 15 is 0 Å². The van der Waals surface area contributed by atoms with Crippen LogP contribution in [0.3, 0.4) is 0 Å². The quantitative estimate of drug-likeness (QED) is 0.323. The van der Waals surface area contributed by atoms with Gasteiger partial charge in [-0.15, -0.1) is 0 Å². The highest BCUT2D eigenvalue weighted by Gasteiger charge is 2.43. The molecular formula is C22H27N3O5. The van der Waals surface area contributed by atoms with Crippen LogP contribution in [0.1, 0.15) is 54.5 Å². The van der Waals surface area contributed by atoms with Gasteiger partial charge in [0.2, 0.25) is 5.75 Å². The van der Waals surface area contributed by atoms with Gasteiger partial charge >= 0.3 is 5.97 Å². The van der Waals surface area contributed by atoms with Crippen LogP contribution in [0.25, 0.3) is 0 Å². The molecule has 5 rings (SSSR count). The number of nitrogens with one attached hydrogen (secondary N) is 1. The Morgan fingerprint density at radius 3 is 2.63 bits per heavy atom. The molecule has 8 nitrogen and oxygen atoms in total. The summed E-state index contributed by atoms with van der Waals surface area (Å²) in [6, 6.07) is 8.58. The maximum Gasteiger partial charge on any atom is 0.343 e. The predicted octanol–water partition coefficient (Wildman–Crippen LogP) is 2.55. The first kappa shape index (κ1) is 20.7. The van der Waals surface area contributed by atoms with Gasteiger partial charge in [0.1, 0.15) is 18.1 Å². The summed E-state index contributed by atoms with van der Waals surface area (Å²) < 4.78 is 7.25. The van der Waals surface area contributed by atoms with E-state index in [4.69, 9.17) is 19.5 Å². The average Bonchev–Trinajstić information content (AvgIpc) is 3.04. The summed E-state index contributed by atoms with van der Waals surface area (Å²) in [6.07, 6.45) is 3.87. The zero-order chi connectivity index (χ0) is 21.1. The molecule has 1 fully saturated rings. The highest BCUT2D eigenvalue weighted by molar-refractivity contribution is 5.91. The molecule has 2 aromatic rings. The van der Waals surface area contributed by atoms with Crippen LogP contribution in [0.5, 0.6) is 5.75 Å². The Hall–Kier alpha value is -2.55. The first-order valence-corrected chi connectivity index (χ1v) is 10.4. The maximum atomic E-state index is 13.5. The van der Waals surface area contributed by atoms with Gasteiger partial charge in [-0.05, 0) is 57.7 Å². The van der Waals surface area contributed by atoms with Crippen molar-refractivity contribution in [3.63, 3.8) is 0 Å². The maximum absolute atomic E-state index is 13.5. The van der Waals surface area contributed by atoms with E-state index in [9.17, 15) is 9.59 Å². The number of carbonyl (C=O) groups is 1. The molecule has 0 amide bonds. The third-order valence-electron chi connectivity index (χ3n) is 6.11. The Labute approximate surface area is 175 Å². The number of ether oxygens (including phenoxy) is 1. The minimum Gasteiger partial charge on any atom is -0.415 e. The molecule has 1 N–H and O–H groups in total. The minimum atomic E-state index is -0.604. The fourth-order valence-electron chi connectivity index (χ4n) is 4.42. The first-order valence-electron chi connectivity index (χ1n) is 10.4. The Balaban J connectivity index is 1.79. The Bertz CT molecular complexity index is 965. The molecule has 3 heterocycles. The lowest BCUT2D eigenvalue weighted by Crippen LogP contribution is -2.45. The van der Waals surface area contributed by atoms with Crippen LogP contribution in [0.15, 0.2) is 35.1 Å². The summed E-state index contributed by atoms with van der Waals surface area (Å²) in [5.41, 5.74) is -0.0915. The zero-order valence-corrected chi connectivity index (χ0v) is 17.3. The lowest BCUT2D eigenvalue weighted by atomic mass is 9.77. The summed E-state index contributed by atoms with van der Waals surface area (Å²) in [7, 11) is 1.90. The van der Waals surface area contributed by atoms with Crippen molar-refractivity contribution in [2.24, 2.45) is 5.92 Å². The van der Waals surface area contributed by atoms with E-state index in [2.05, 4.69) is 5.32 Å². The summed E-state index contributed by atoms with van der Waals surface area (Å²) in [5.74, 6) is 0.396. The van der Waals surface area contributed by atoms with Gasteiger partial charge < -0.3 is 10.1 Å². The highest BCUT2D eigenvalue weighted by atomic mass is 17.2. The van der Waals surface area contributed by atoms with Crippen molar-refractivity contribution in [1.29, 1.82) is 0 Å². The molecule has 0 unspecified atom stereocenters. The van der Waals surface area contributed by atoms with Crippen LogP contribution in [0.2, 0.25) is 0 Å². The monoisotopic (exact) mass is 413 g/mol. The molecule has 0 saturated heterocycles. The van der Waals surface area contributed by atoms with Crippen molar-refractivity contribution in [2.45, 2.75) is 51.3 Å². The van der Waals surface area contributed by atoms with E-state index < -0.39 is 5.97 Å². The highest BCUT2D eigenvalue weighted by Crippen LogP contribution is 2.42. The van der Waals surface area contributed by atoms with Gasteiger partial charge in [-0.1, -0.05) is 18.2 Å². The summed E-state index contributed by atoms with van der Waals surface area (Å²) in [4.78, 5) is 41.1. The van der Waals surface area contributed by atoms with Gasteiger partial charge in [0.15, 0.2) is 0 Å². The molecule has 1 aromatic carbocycles. The number of fused-ring (bicyclic) bond motifs is 2. The molecule has 2 aliphatic heterocycles. The van der Waals surface area contributed by atoms with E-state index in [1.165, 1.54) is 0 Å². The van der Waals surface area contributed by atoms with E-state index in [0.717, 1.165) is 25.7 Å². The third kappa shape index (κ3) is 3.78. The molecule has 1 aromatic heterocycles. The van der Waals surface area contributed by atoms with Gasteiger partial charge in [-0.2, -0.15) is 0 Å². The second kappa shape index (κ2) is 8.67. The van der Waals surface area contributed by atoms with Gasteiger partial charge in [0.25, 0.3) is 5.56 Å². The van der Waals surface area contributed by atoms with Crippen molar-refractivity contribution >= 4 is 5.97 Å². The van der Waals surface area contributed by atoms with Gasteiger partial charge in [0, 0.05) is 6.54 Å². The predicted molar refractivity (Wildman–Crippen MR) is 109 cm³/mol. The molecular weight excluding hydrogens is 386 g/mol. The summed E-state index contributed by atoms with van der Waals surface area (Å²) in [5, 5.41) is 3.41. The van der Waals surface area contributed by atoms with Crippen LogP contribution >= 0.6 is 0 Å². The number of aromatic nitrogens is 2. The van der Waals surface area contributed by atoms with Crippen molar-refractivity contribution in [3.05, 3.63) is 57.8 Å². The van der Waals surface area contributed by atoms with Crippen LogP contribution < -0.4 is 15.6 Å². The molecule has 3 aliphatic rings. The fourth-order valence-corrected chi connectivity index (χ4v) is 4.42. The van der Waals surface area contributed by atoms with Crippen LogP contribution in [0, 0.1) is 5.92 Å². The fraction of sp³-hybridized carbons (Fsp3) is 0.500. The van der Waals surface area contributed by atoms with Crippen LogP contribution in [0.4, 0.5) is 0 Å². The average molecular weight is 413 g/mol. The van der Waals surface area contributed by atoms with Crippen molar-refractivity contribution < 1.29 is 19.3 Å². The SMILES string of the molecule is CCOOCc1nc2n(c(=O)c1OC(=O)c1ccccc1)CC1CCC2(NC)CC1. The number of hydrogen-bond acceptors (Lipinski definition) is 7. The van der Waals surface area contributed by atoms with Gasteiger partial charge in [-0.25, -0.2) is 19.6 Å². The molecule has 2 bridgehead atoms. The first-order chi connectivity index (χ1) is 14.6. The molecule has 8 heteroatoms. The third-order valence-corrected chi connectivity index (χ3v) is 6.11. The molecule has 0 atom stereocenters. The van der Waals surface area contributed by atoms with Crippen LogP contribution in [-0.4, -0.2) is 29.2 Å². The van der Waals surface area contributed by atoms with Gasteiger partial charge in [-0.3, -0.25) is 9.36 Å². The lowest BCUT2D eigenvalue weighted by molar-refractivity contribution is -0.301. The van der Waals surface area contributed by atoms with E-state index in [1.807, 2.05) is 13.1 Å². The van der Waals surface area contributed by atoms with Crippen molar-refractivity contribution in [3.8, 4) is 5.75 Å². The number of rotatable bonds is 7. The van der Waals surface area contributed by atoms with Gasteiger partial charge in [0.05, 0.1) is 17.7 Å². The van der Waals surface area contributed by atoms with Crippen molar-refractivity contribution in [1.82, 2.24) is 14.9 Å². The second-order valence-electron chi connectivity index (χ2n) is 7.83. The number of hydrogen-bond donors (Lipinski definition) is 1. The van der Waals surface area contributed by atoms with E-state index in [0.29, 0.717) is 30.5 Å². The number of nitrogens with zero attached hydrogens (tertiary/aromatic N) is 2. The second-order valence-corrected chi connectivity index (χ2v) is 7.83. The topological polar surface area (TPSA) is 91.7 Å². The molecule has 1 saturated carbocycles. The standard InChI is InChI=1S/C22H27N3O5/c1-3-28-29-14-17-18(30-20(27)16-7-5-4-6-8-16)19(26)25-13-15-9-11-22(23-2,12-10-15)21(25)24-17/h4-8,15,23H,3,9-14H2,1-2H3. The summed E-state index contributed by atoms with van der Waals surface area (Å²) in [6.45, 7) is 2.64. The van der Waals surface area contributed by atoms with E-state index in [1.54, 1.807) is 35.8 Å². The Morgan fingerprint density at radius 1 is 1.23 bits per heavy atom.